The molecule has 1 aliphatic rings. The van der Waals surface area contributed by atoms with Crippen LogP contribution in [0.5, 0.6) is 0 Å². The lowest BCUT2D eigenvalue weighted by molar-refractivity contribution is -0.384. The minimum absolute atomic E-state index is 0.0152. The summed E-state index contributed by atoms with van der Waals surface area (Å²) in [7, 11) is 0. The topological polar surface area (TPSA) is 55.2 Å². The summed E-state index contributed by atoms with van der Waals surface area (Å²) in [5.41, 5.74) is 0.894. The molecule has 0 amide bonds. The Labute approximate surface area is 118 Å². The number of nitro groups is 1. The van der Waals surface area contributed by atoms with Crippen molar-refractivity contribution in [2.24, 2.45) is 5.92 Å². The highest BCUT2D eigenvalue weighted by molar-refractivity contribution is 6.32. The molecule has 0 aromatic heterocycles. The van der Waals surface area contributed by atoms with Gasteiger partial charge < -0.3 is 5.32 Å². The molecule has 0 bridgehead atoms. The maximum absolute atomic E-state index is 10.8. The highest BCUT2D eigenvalue weighted by atomic mass is 35.5. The molecule has 0 spiro atoms. The van der Waals surface area contributed by atoms with E-state index in [0.29, 0.717) is 6.54 Å². The Kier molecular flexibility index (Phi) is 5.16. The van der Waals surface area contributed by atoms with Crippen molar-refractivity contribution in [1.82, 2.24) is 5.32 Å². The second-order valence-corrected chi connectivity index (χ2v) is 5.59. The Balaban J connectivity index is 1.85. The van der Waals surface area contributed by atoms with Gasteiger partial charge in [-0.1, -0.05) is 36.9 Å². The SMILES string of the molecule is O=[N+]([O-])c1cc(CNCC2CCCCC2)ccc1Cl. The zero-order chi connectivity index (χ0) is 13.7. The minimum Gasteiger partial charge on any atom is -0.312 e. The van der Waals surface area contributed by atoms with Gasteiger partial charge in [0.05, 0.1) is 4.92 Å². The summed E-state index contributed by atoms with van der Waals surface area (Å²) in [5.74, 6) is 0.760. The molecule has 1 fully saturated rings. The van der Waals surface area contributed by atoms with Gasteiger partial charge in [-0.25, -0.2) is 0 Å². The molecule has 104 valence electrons. The van der Waals surface area contributed by atoms with Crippen LogP contribution in [0.15, 0.2) is 18.2 Å². The van der Waals surface area contributed by atoms with E-state index in [9.17, 15) is 10.1 Å². The third-order valence-corrected chi connectivity index (χ3v) is 4.01. The number of halogens is 1. The van der Waals surface area contributed by atoms with Crippen LogP contribution in [0, 0.1) is 16.0 Å². The van der Waals surface area contributed by atoms with Crippen molar-refractivity contribution in [2.45, 2.75) is 38.6 Å². The molecule has 1 saturated carbocycles. The quantitative estimate of drug-likeness (QED) is 0.658. The monoisotopic (exact) mass is 282 g/mol. The maximum atomic E-state index is 10.8. The van der Waals surface area contributed by atoms with E-state index in [1.807, 2.05) is 6.07 Å². The van der Waals surface area contributed by atoms with Crippen LogP contribution >= 0.6 is 11.6 Å². The summed E-state index contributed by atoms with van der Waals surface area (Å²) in [4.78, 5) is 10.4. The molecule has 1 aromatic carbocycles. The van der Waals surface area contributed by atoms with Crippen LogP contribution < -0.4 is 5.32 Å². The number of benzene rings is 1. The third-order valence-electron chi connectivity index (χ3n) is 3.69. The Morgan fingerprint density at radius 3 is 2.74 bits per heavy atom. The molecule has 0 radical (unpaired) electrons. The zero-order valence-corrected chi connectivity index (χ0v) is 11.7. The molecular formula is C14H19ClN2O2. The van der Waals surface area contributed by atoms with Gasteiger partial charge >= 0.3 is 0 Å². The first kappa shape index (κ1) is 14.3. The van der Waals surface area contributed by atoms with E-state index in [1.54, 1.807) is 12.1 Å². The predicted molar refractivity (Wildman–Crippen MR) is 76.4 cm³/mol. The van der Waals surface area contributed by atoms with Crippen molar-refractivity contribution >= 4 is 17.3 Å². The normalized spacial score (nSPS) is 16.5. The van der Waals surface area contributed by atoms with Crippen LogP contribution in [-0.4, -0.2) is 11.5 Å². The van der Waals surface area contributed by atoms with Crippen LogP contribution in [0.25, 0.3) is 0 Å². The van der Waals surface area contributed by atoms with Crippen molar-refractivity contribution in [3.05, 3.63) is 38.9 Å². The molecule has 0 atom stereocenters. The smallest absolute Gasteiger partial charge is 0.288 e. The fraction of sp³-hybridized carbons (Fsp3) is 0.571. The van der Waals surface area contributed by atoms with Gasteiger partial charge in [0, 0.05) is 12.6 Å². The fourth-order valence-corrected chi connectivity index (χ4v) is 2.81. The van der Waals surface area contributed by atoms with Crippen LogP contribution in [0.4, 0.5) is 5.69 Å². The Hall–Kier alpha value is -1.13. The number of hydrogen-bond donors (Lipinski definition) is 1. The third kappa shape index (κ3) is 4.18. The number of nitrogens with one attached hydrogen (secondary N) is 1. The molecule has 0 heterocycles. The standard InChI is InChI=1S/C14H19ClN2O2/c15-13-7-6-12(8-14(13)17(18)19)10-16-9-11-4-2-1-3-5-11/h6-8,11,16H,1-5,9-10H2. The molecule has 4 nitrogen and oxygen atoms in total. The number of hydrogen-bond acceptors (Lipinski definition) is 3. The number of rotatable bonds is 5. The van der Waals surface area contributed by atoms with Crippen molar-refractivity contribution in [2.75, 3.05) is 6.54 Å². The van der Waals surface area contributed by atoms with Gasteiger partial charge in [0.1, 0.15) is 5.02 Å². The van der Waals surface area contributed by atoms with Crippen LogP contribution in [0.2, 0.25) is 5.02 Å². The summed E-state index contributed by atoms with van der Waals surface area (Å²) < 4.78 is 0. The summed E-state index contributed by atoms with van der Waals surface area (Å²) in [6.07, 6.45) is 6.62. The molecule has 0 unspecified atom stereocenters. The molecule has 0 aliphatic heterocycles. The van der Waals surface area contributed by atoms with Gasteiger partial charge in [-0.15, -0.1) is 0 Å². The van der Waals surface area contributed by atoms with E-state index < -0.39 is 4.92 Å². The van der Waals surface area contributed by atoms with E-state index in [1.165, 1.54) is 32.1 Å². The van der Waals surface area contributed by atoms with E-state index >= 15 is 0 Å². The molecular weight excluding hydrogens is 264 g/mol. The van der Waals surface area contributed by atoms with Gasteiger partial charge in [0.25, 0.3) is 5.69 Å². The first-order valence-electron chi connectivity index (χ1n) is 6.80. The Bertz CT molecular complexity index is 445. The van der Waals surface area contributed by atoms with Gasteiger partial charge in [-0.05, 0) is 36.9 Å². The van der Waals surface area contributed by atoms with E-state index in [-0.39, 0.29) is 10.7 Å². The van der Waals surface area contributed by atoms with Crippen LogP contribution in [0.1, 0.15) is 37.7 Å². The summed E-state index contributed by atoms with van der Waals surface area (Å²) in [6.45, 7) is 1.66. The van der Waals surface area contributed by atoms with Gasteiger partial charge in [-0.3, -0.25) is 10.1 Å². The highest BCUT2D eigenvalue weighted by Gasteiger charge is 2.14. The molecule has 1 N–H and O–H groups in total. The summed E-state index contributed by atoms with van der Waals surface area (Å²) in [6, 6.07) is 4.98. The van der Waals surface area contributed by atoms with Crippen LogP contribution in [0.3, 0.4) is 0 Å². The van der Waals surface area contributed by atoms with Crippen molar-refractivity contribution < 1.29 is 4.92 Å². The lowest BCUT2D eigenvalue weighted by Crippen LogP contribution is -2.24. The summed E-state index contributed by atoms with van der Waals surface area (Å²) in [5, 5.41) is 14.4. The molecule has 0 saturated heterocycles. The lowest BCUT2D eigenvalue weighted by atomic mass is 9.89. The van der Waals surface area contributed by atoms with E-state index in [2.05, 4.69) is 5.32 Å². The van der Waals surface area contributed by atoms with Gasteiger partial charge in [0.15, 0.2) is 0 Å². The largest absolute Gasteiger partial charge is 0.312 e. The average Bonchev–Trinajstić information content (AvgIpc) is 2.41. The maximum Gasteiger partial charge on any atom is 0.288 e. The van der Waals surface area contributed by atoms with Crippen LogP contribution in [-0.2, 0) is 6.54 Å². The summed E-state index contributed by atoms with van der Waals surface area (Å²) >= 11 is 5.78. The first-order chi connectivity index (χ1) is 9.16. The van der Waals surface area contributed by atoms with Crippen molar-refractivity contribution in [1.29, 1.82) is 0 Å². The Morgan fingerprint density at radius 2 is 2.05 bits per heavy atom. The average molecular weight is 283 g/mol. The lowest BCUT2D eigenvalue weighted by Gasteiger charge is -2.21. The van der Waals surface area contributed by atoms with Gasteiger partial charge in [-0.2, -0.15) is 0 Å². The zero-order valence-electron chi connectivity index (χ0n) is 10.9. The fourth-order valence-electron chi connectivity index (χ4n) is 2.62. The second-order valence-electron chi connectivity index (χ2n) is 5.18. The second kappa shape index (κ2) is 6.87. The van der Waals surface area contributed by atoms with E-state index in [0.717, 1.165) is 18.0 Å². The van der Waals surface area contributed by atoms with Crippen molar-refractivity contribution in [3.63, 3.8) is 0 Å². The number of nitrogens with zero attached hydrogens (tertiary/aromatic N) is 1. The Morgan fingerprint density at radius 1 is 1.32 bits per heavy atom. The van der Waals surface area contributed by atoms with E-state index in [4.69, 9.17) is 11.6 Å². The first-order valence-corrected chi connectivity index (χ1v) is 7.18. The molecule has 1 aromatic rings. The number of nitro benzene ring substituents is 1. The predicted octanol–water partition coefficient (Wildman–Crippen LogP) is 3.92. The molecule has 5 heteroatoms. The molecule has 2 rings (SSSR count). The van der Waals surface area contributed by atoms with Crippen molar-refractivity contribution in [3.8, 4) is 0 Å². The highest BCUT2D eigenvalue weighted by Crippen LogP contribution is 2.25. The minimum atomic E-state index is -0.438. The van der Waals surface area contributed by atoms with Gasteiger partial charge in [0.2, 0.25) is 0 Å². The molecule has 1 aliphatic carbocycles. The molecule has 19 heavy (non-hydrogen) atoms.